The number of nitrogens with zero attached hydrogens (tertiary/aromatic N) is 2. The van der Waals surface area contributed by atoms with Crippen molar-refractivity contribution in [3.8, 4) is 6.07 Å². The molecule has 0 bridgehead atoms. The minimum absolute atomic E-state index is 0.126. The standard InChI is InChI=1S/C12H18N2O2/c1-9-2-3-11(16-9)12(15)14-6-4-10(8-13)5-7-14/h9-11H,2-7H2,1H3. The Labute approximate surface area is 96.2 Å². The number of amides is 1. The van der Waals surface area contributed by atoms with E-state index in [1.165, 1.54) is 0 Å². The summed E-state index contributed by atoms with van der Waals surface area (Å²) in [4.78, 5) is 13.9. The van der Waals surface area contributed by atoms with Gasteiger partial charge in [-0.05, 0) is 32.6 Å². The van der Waals surface area contributed by atoms with E-state index in [-0.39, 0.29) is 24.0 Å². The van der Waals surface area contributed by atoms with Gasteiger partial charge in [-0.3, -0.25) is 4.79 Å². The molecule has 2 fully saturated rings. The van der Waals surface area contributed by atoms with Gasteiger partial charge in [-0.1, -0.05) is 0 Å². The van der Waals surface area contributed by atoms with E-state index < -0.39 is 0 Å². The highest BCUT2D eigenvalue weighted by atomic mass is 16.5. The molecule has 2 atom stereocenters. The minimum Gasteiger partial charge on any atom is -0.365 e. The van der Waals surface area contributed by atoms with Gasteiger partial charge in [-0.2, -0.15) is 5.26 Å². The Morgan fingerprint density at radius 1 is 1.31 bits per heavy atom. The number of carbonyl (C=O) groups excluding carboxylic acids is 1. The highest BCUT2D eigenvalue weighted by Crippen LogP contribution is 2.23. The first-order valence-corrected chi connectivity index (χ1v) is 6.04. The summed E-state index contributed by atoms with van der Waals surface area (Å²) in [5.74, 6) is 0.258. The summed E-state index contributed by atoms with van der Waals surface area (Å²) in [6, 6.07) is 2.27. The van der Waals surface area contributed by atoms with Gasteiger partial charge in [0.25, 0.3) is 5.91 Å². The van der Waals surface area contributed by atoms with Crippen LogP contribution in [0.3, 0.4) is 0 Å². The molecule has 16 heavy (non-hydrogen) atoms. The Kier molecular flexibility index (Phi) is 3.45. The van der Waals surface area contributed by atoms with Gasteiger partial charge in [-0.15, -0.1) is 0 Å². The van der Waals surface area contributed by atoms with Crippen molar-refractivity contribution in [2.75, 3.05) is 13.1 Å². The molecule has 2 rings (SSSR count). The molecular formula is C12H18N2O2. The average Bonchev–Trinajstić information content (AvgIpc) is 2.75. The zero-order valence-corrected chi connectivity index (χ0v) is 9.69. The molecule has 2 saturated heterocycles. The second kappa shape index (κ2) is 4.84. The third-order valence-corrected chi connectivity index (χ3v) is 3.50. The van der Waals surface area contributed by atoms with E-state index in [9.17, 15) is 4.79 Å². The third-order valence-electron chi connectivity index (χ3n) is 3.50. The number of hydrogen-bond acceptors (Lipinski definition) is 3. The molecule has 1 amide bonds. The molecule has 4 nitrogen and oxygen atoms in total. The lowest BCUT2D eigenvalue weighted by Crippen LogP contribution is -2.43. The van der Waals surface area contributed by atoms with Crippen LogP contribution in [0.15, 0.2) is 0 Å². The molecule has 0 saturated carbocycles. The molecule has 0 N–H and O–H groups in total. The normalized spacial score (nSPS) is 31.4. The fourth-order valence-corrected chi connectivity index (χ4v) is 2.42. The van der Waals surface area contributed by atoms with Crippen molar-refractivity contribution in [3.63, 3.8) is 0 Å². The largest absolute Gasteiger partial charge is 0.365 e. The van der Waals surface area contributed by atoms with E-state index in [2.05, 4.69) is 6.07 Å². The Balaban J connectivity index is 1.85. The summed E-state index contributed by atoms with van der Waals surface area (Å²) in [6.07, 6.45) is 3.43. The summed E-state index contributed by atoms with van der Waals surface area (Å²) >= 11 is 0. The van der Waals surface area contributed by atoms with Crippen LogP contribution < -0.4 is 0 Å². The van der Waals surface area contributed by atoms with Crippen LogP contribution in [-0.2, 0) is 9.53 Å². The minimum atomic E-state index is -0.228. The predicted molar refractivity (Wildman–Crippen MR) is 58.5 cm³/mol. The van der Waals surface area contributed by atoms with Gasteiger partial charge in [0, 0.05) is 19.0 Å². The number of ether oxygens (including phenoxy) is 1. The van der Waals surface area contributed by atoms with E-state index in [1.54, 1.807) is 0 Å². The Morgan fingerprint density at radius 2 is 2.00 bits per heavy atom. The summed E-state index contributed by atoms with van der Waals surface area (Å²) in [5.41, 5.74) is 0. The molecule has 2 aliphatic heterocycles. The monoisotopic (exact) mass is 222 g/mol. The van der Waals surface area contributed by atoms with Gasteiger partial charge in [-0.25, -0.2) is 0 Å². The molecule has 2 unspecified atom stereocenters. The van der Waals surface area contributed by atoms with Crippen molar-refractivity contribution in [3.05, 3.63) is 0 Å². The number of piperidine rings is 1. The number of carbonyl (C=O) groups is 1. The fourth-order valence-electron chi connectivity index (χ4n) is 2.42. The molecule has 0 aromatic rings. The van der Waals surface area contributed by atoms with Crippen LogP contribution in [0.4, 0.5) is 0 Å². The predicted octanol–water partition coefficient (Wildman–Crippen LogP) is 1.32. The van der Waals surface area contributed by atoms with E-state index in [4.69, 9.17) is 10.00 Å². The van der Waals surface area contributed by atoms with E-state index in [0.717, 1.165) is 25.7 Å². The molecule has 0 aromatic carbocycles. The molecule has 0 spiro atoms. The van der Waals surface area contributed by atoms with Crippen LogP contribution in [-0.4, -0.2) is 36.1 Å². The summed E-state index contributed by atoms with van der Waals surface area (Å²) in [7, 11) is 0. The van der Waals surface area contributed by atoms with Crippen molar-refractivity contribution in [2.45, 2.75) is 44.8 Å². The summed E-state index contributed by atoms with van der Waals surface area (Å²) < 4.78 is 5.57. The van der Waals surface area contributed by atoms with Gasteiger partial charge < -0.3 is 9.64 Å². The lowest BCUT2D eigenvalue weighted by atomic mass is 9.98. The fraction of sp³-hybridized carbons (Fsp3) is 0.833. The summed E-state index contributed by atoms with van der Waals surface area (Å²) in [5, 5.41) is 8.78. The zero-order chi connectivity index (χ0) is 11.5. The molecule has 88 valence electrons. The second-order valence-electron chi connectivity index (χ2n) is 4.74. The van der Waals surface area contributed by atoms with E-state index in [0.29, 0.717) is 13.1 Å². The third kappa shape index (κ3) is 2.35. The quantitative estimate of drug-likeness (QED) is 0.672. The Morgan fingerprint density at radius 3 is 2.50 bits per heavy atom. The topological polar surface area (TPSA) is 53.3 Å². The number of hydrogen-bond donors (Lipinski definition) is 0. The van der Waals surface area contributed by atoms with Crippen LogP contribution in [0.1, 0.15) is 32.6 Å². The second-order valence-corrected chi connectivity index (χ2v) is 4.74. The smallest absolute Gasteiger partial charge is 0.251 e. The van der Waals surface area contributed by atoms with Gasteiger partial charge in [0.1, 0.15) is 6.10 Å². The highest BCUT2D eigenvalue weighted by molar-refractivity contribution is 5.81. The first kappa shape index (κ1) is 11.4. The SMILES string of the molecule is CC1CCC(C(=O)N2CCC(C#N)CC2)O1. The van der Waals surface area contributed by atoms with Crippen molar-refractivity contribution in [1.82, 2.24) is 4.90 Å². The van der Waals surface area contributed by atoms with Crippen LogP contribution >= 0.6 is 0 Å². The highest BCUT2D eigenvalue weighted by Gasteiger charge is 2.33. The molecule has 2 aliphatic rings. The van der Waals surface area contributed by atoms with Crippen molar-refractivity contribution in [2.24, 2.45) is 5.92 Å². The van der Waals surface area contributed by atoms with Crippen LogP contribution in [0.25, 0.3) is 0 Å². The maximum Gasteiger partial charge on any atom is 0.251 e. The maximum atomic E-state index is 12.1. The molecule has 2 heterocycles. The van der Waals surface area contributed by atoms with Crippen LogP contribution in [0.2, 0.25) is 0 Å². The lowest BCUT2D eigenvalue weighted by Gasteiger charge is -2.30. The van der Waals surface area contributed by atoms with Gasteiger partial charge in [0.05, 0.1) is 12.2 Å². The first-order valence-electron chi connectivity index (χ1n) is 6.04. The summed E-state index contributed by atoms with van der Waals surface area (Å²) in [6.45, 7) is 3.44. The van der Waals surface area contributed by atoms with Gasteiger partial charge >= 0.3 is 0 Å². The van der Waals surface area contributed by atoms with Crippen molar-refractivity contribution < 1.29 is 9.53 Å². The van der Waals surface area contributed by atoms with E-state index in [1.807, 2.05) is 11.8 Å². The zero-order valence-electron chi connectivity index (χ0n) is 9.69. The maximum absolute atomic E-state index is 12.1. The van der Waals surface area contributed by atoms with Gasteiger partial charge in [0.15, 0.2) is 0 Å². The molecule has 0 aliphatic carbocycles. The molecule has 4 heteroatoms. The van der Waals surface area contributed by atoms with Crippen LogP contribution in [0, 0.1) is 17.2 Å². The molecule has 0 aromatic heterocycles. The Bertz CT molecular complexity index is 303. The number of rotatable bonds is 1. The van der Waals surface area contributed by atoms with E-state index >= 15 is 0 Å². The molecule has 0 radical (unpaired) electrons. The van der Waals surface area contributed by atoms with Crippen molar-refractivity contribution >= 4 is 5.91 Å². The average molecular weight is 222 g/mol. The molecular weight excluding hydrogens is 204 g/mol. The van der Waals surface area contributed by atoms with Crippen LogP contribution in [0.5, 0.6) is 0 Å². The Hall–Kier alpha value is -1.08. The first-order chi connectivity index (χ1) is 7.70. The van der Waals surface area contributed by atoms with Gasteiger partial charge in [0.2, 0.25) is 0 Å². The lowest BCUT2D eigenvalue weighted by molar-refractivity contribution is -0.143. The van der Waals surface area contributed by atoms with Crippen molar-refractivity contribution in [1.29, 1.82) is 5.26 Å². The number of likely N-dealkylation sites (tertiary alicyclic amines) is 1. The number of nitriles is 1.